The van der Waals surface area contributed by atoms with Gasteiger partial charge in [-0.25, -0.2) is 0 Å². The zero-order chi connectivity index (χ0) is 12.7. The molecule has 0 unspecified atom stereocenters. The van der Waals surface area contributed by atoms with E-state index >= 15 is 0 Å². The molecule has 0 fully saturated rings. The van der Waals surface area contributed by atoms with Crippen LogP contribution in [0.2, 0.25) is 0 Å². The second kappa shape index (κ2) is 6.88. The molecule has 1 rings (SSSR count). The summed E-state index contributed by atoms with van der Waals surface area (Å²) in [5.41, 5.74) is 0.426. The first kappa shape index (κ1) is 13.5. The maximum absolute atomic E-state index is 10.9. The van der Waals surface area contributed by atoms with Gasteiger partial charge in [0, 0.05) is 14.2 Å². The summed E-state index contributed by atoms with van der Waals surface area (Å²) in [6.45, 7) is 0.209. The summed E-state index contributed by atoms with van der Waals surface area (Å²) in [4.78, 5) is 10.9. The minimum absolute atomic E-state index is 0.209. The van der Waals surface area contributed by atoms with Crippen LogP contribution in [0, 0.1) is 0 Å². The van der Waals surface area contributed by atoms with Crippen molar-refractivity contribution in [2.45, 2.75) is 6.29 Å². The van der Waals surface area contributed by atoms with E-state index in [0.717, 1.165) is 0 Å². The van der Waals surface area contributed by atoms with E-state index in [2.05, 4.69) is 0 Å². The van der Waals surface area contributed by atoms with Crippen LogP contribution in [0.15, 0.2) is 18.2 Å². The third-order valence-corrected chi connectivity index (χ3v) is 2.24. The average molecular weight is 240 g/mol. The van der Waals surface area contributed by atoms with Crippen molar-refractivity contribution in [1.29, 1.82) is 0 Å². The predicted molar refractivity (Wildman–Crippen MR) is 61.7 cm³/mol. The topological polar surface area (TPSA) is 54.0 Å². The summed E-state index contributed by atoms with van der Waals surface area (Å²) in [5, 5.41) is 0. The van der Waals surface area contributed by atoms with Crippen LogP contribution >= 0.6 is 0 Å². The third kappa shape index (κ3) is 3.72. The van der Waals surface area contributed by atoms with Crippen molar-refractivity contribution in [3.8, 4) is 11.5 Å². The fraction of sp³-hybridized carbons (Fsp3) is 0.417. The maximum atomic E-state index is 10.9. The molecule has 0 saturated carbocycles. The maximum Gasteiger partial charge on any atom is 0.191 e. The number of ether oxygens (including phenoxy) is 4. The van der Waals surface area contributed by atoms with Gasteiger partial charge in [-0.15, -0.1) is 0 Å². The van der Waals surface area contributed by atoms with Crippen molar-refractivity contribution >= 4 is 6.29 Å². The van der Waals surface area contributed by atoms with Gasteiger partial charge in [0.1, 0.15) is 18.1 Å². The largest absolute Gasteiger partial charge is 0.497 e. The fourth-order valence-electron chi connectivity index (χ4n) is 1.27. The van der Waals surface area contributed by atoms with Gasteiger partial charge in [0.25, 0.3) is 0 Å². The monoisotopic (exact) mass is 240 g/mol. The summed E-state index contributed by atoms with van der Waals surface area (Å²) in [5.74, 6) is 1.08. The SMILES string of the molecule is COc1ccc(OCC(OC)OC)c(C=O)c1. The molecule has 1 aromatic carbocycles. The molecule has 5 nitrogen and oxygen atoms in total. The molecule has 0 saturated heterocycles. The van der Waals surface area contributed by atoms with Gasteiger partial charge >= 0.3 is 0 Å². The smallest absolute Gasteiger partial charge is 0.191 e. The Hall–Kier alpha value is -1.59. The molecule has 0 heterocycles. The number of benzene rings is 1. The van der Waals surface area contributed by atoms with Crippen molar-refractivity contribution in [2.75, 3.05) is 27.9 Å². The van der Waals surface area contributed by atoms with E-state index in [1.54, 1.807) is 18.2 Å². The van der Waals surface area contributed by atoms with Crippen LogP contribution in [0.4, 0.5) is 0 Å². The van der Waals surface area contributed by atoms with Gasteiger partial charge in [0.2, 0.25) is 0 Å². The van der Waals surface area contributed by atoms with Gasteiger partial charge < -0.3 is 18.9 Å². The Kier molecular flexibility index (Phi) is 5.45. The number of aldehydes is 1. The lowest BCUT2D eigenvalue weighted by Crippen LogP contribution is -2.22. The summed E-state index contributed by atoms with van der Waals surface area (Å²) in [7, 11) is 4.58. The Morgan fingerprint density at radius 2 is 1.94 bits per heavy atom. The minimum atomic E-state index is -0.461. The minimum Gasteiger partial charge on any atom is -0.497 e. The summed E-state index contributed by atoms with van der Waals surface area (Å²) >= 11 is 0. The predicted octanol–water partition coefficient (Wildman–Crippen LogP) is 1.51. The van der Waals surface area contributed by atoms with Crippen LogP contribution in [0.5, 0.6) is 11.5 Å². The lowest BCUT2D eigenvalue weighted by molar-refractivity contribution is -0.122. The molecular weight excluding hydrogens is 224 g/mol. The molecule has 0 aliphatic carbocycles. The molecule has 0 aromatic heterocycles. The Bertz CT molecular complexity index is 360. The first-order chi connectivity index (χ1) is 8.24. The van der Waals surface area contributed by atoms with Crippen molar-refractivity contribution in [2.24, 2.45) is 0 Å². The van der Waals surface area contributed by atoms with Crippen LogP contribution in [0.3, 0.4) is 0 Å². The summed E-state index contributed by atoms with van der Waals surface area (Å²) in [6.07, 6.45) is 0.253. The lowest BCUT2D eigenvalue weighted by atomic mass is 10.2. The van der Waals surface area contributed by atoms with Crippen LogP contribution in [0.1, 0.15) is 10.4 Å². The molecule has 0 N–H and O–H groups in total. The van der Waals surface area contributed by atoms with Gasteiger partial charge in [-0.05, 0) is 18.2 Å². The zero-order valence-electron chi connectivity index (χ0n) is 10.1. The van der Waals surface area contributed by atoms with Crippen LogP contribution in [-0.4, -0.2) is 40.5 Å². The lowest BCUT2D eigenvalue weighted by Gasteiger charge is -2.15. The Morgan fingerprint density at radius 1 is 1.24 bits per heavy atom. The average Bonchev–Trinajstić information content (AvgIpc) is 2.39. The molecule has 0 aliphatic rings. The van der Waals surface area contributed by atoms with Crippen LogP contribution in [0.25, 0.3) is 0 Å². The number of hydrogen-bond acceptors (Lipinski definition) is 5. The molecule has 17 heavy (non-hydrogen) atoms. The molecule has 0 atom stereocenters. The van der Waals surface area contributed by atoms with Crippen molar-refractivity contribution in [3.05, 3.63) is 23.8 Å². The highest BCUT2D eigenvalue weighted by Crippen LogP contribution is 2.22. The quantitative estimate of drug-likeness (QED) is 0.534. The number of carbonyl (C=O) groups excluding carboxylic acids is 1. The van der Waals surface area contributed by atoms with Crippen molar-refractivity contribution in [3.63, 3.8) is 0 Å². The molecule has 5 heteroatoms. The second-order valence-corrected chi connectivity index (χ2v) is 3.23. The van der Waals surface area contributed by atoms with E-state index in [0.29, 0.717) is 23.3 Å². The van der Waals surface area contributed by atoms with Gasteiger partial charge in [-0.2, -0.15) is 0 Å². The number of rotatable bonds is 7. The van der Waals surface area contributed by atoms with E-state index in [9.17, 15) is 4.79 Å². The van der Waals surface area contributed by atoms with Gasteiger partial charge in [0.15, 0.2) is 12.6 Å². The molecular formula is C12H16O5. The number of hydrogen-bond donors (Lipinski definition) is 0. The van der Waals surface area contributed by atoms with E-state index < -0.39 is 6.29 Å². The van der Waals surface area contributed by atoms with E-state index in [-0.39, 0.29) is 6.61 Å². The Labute approximate surface area is 100 Å². The van der Waals surface area contributed by atoms with E-state index in [4.69, 9.17) is 18.9 Å². The molecule has 1 aromatic rings. The first-order valence-corrected chi connectivity index (χ1v) is 5.06. The highest BCUT2D eigenvalue weighted by atomic mass is 16.7. The highest BCUT2D eigenvalue weighted by Gasteiger charge is 2.09. The third-order valence-electron chi connectivity index (χ3n) is 2.24. The van der Waals surface area contributed by atoms with Gasteiger partial charge in [-0.3, -0.25) is 4.79 Å². The van der Waals surface area contributed by atoms with Crippen LogP contribution < -0.4 is 9.47 Å². The van der Waals surface area contributed by atoms with Crippen molar-refractivity contribution < 1.29 is 23.7 Å². The number of carbonyl (C=O) groups is 1. The first-order valence-electron chi connectivity index (χ1n) is 5.06. The highest BCUT2D eigenvalue weighted by molar-refractivity contribution is 5.80. The molecule has 0 radical (unpaired) electrons. The van der Waals surface area contributed by atoms with Crippen molar-refractivity contribution in [1.82, 2.24) is 0 Å². The zero-order valence-corrected chi connectivity index (χ0v) is 10.1. The second-order valence-electron chi connectivity index (χ2n) is 3.23. The molecule has 94 valence electrons. The normalized spacial score (nSPS) is 10.4. The fourth-order valence-corrected chi connectivity index (χ4v) is 1.27. The van der Waals surface area contributed by atoms with E-state index in [1.807, 2.05) is 0 Å². The number of methoxy groups -OCH3 is 3. The molecule has 0 bridgehead atoms. The molecule has 0 aliphatic heterocycles. The Morgan fingerprint density at radius 3 is 2.47 bits per heavy atom. The van der Waals surface area contributed by atoms with Crippen LogP contribution in [-0.2, 0) is 9.47 Å². The van der Waals surface area contributed by atoms with Gasteiger partial charge in [-0.1, -0.05) is 0 Å². The van der Waals surface area contributed by atoms with Gasteiger partial charge in [0.05, 0.1) is 12.7 Å². The Balaban J connectivity index is 2.73. The molecule has 0 spiro atoms. The summed E-state index contributed by atoms with van der Waals surface area (Å²) in [6, 6.07) is 5.00. The summed E-state index contributed by atoms with van der Waals surface area (Å²) < 4.78 is 20.4. The standard InChI is InChI=1S/C12H16O5/c1-14-10-4-5-11(9(6-10)7-13)17-8-12(15-2)16-3/h4-7,12H,8H2,1-3H3. The molecule has 0 amide bonds. The van der Waals surface area contributed by atoms with E-state index in [1.165, 1.54) is 21.3 Å².